The summed E-state index contributed by atoms with van der Waals surface area (Å²) in [5, 5.41) is 0. The van der Waals surface area contributed by atoms with Crippen LogP contribution in [0.25, 0.3) is 11.3 Å². The standard InChI is InChI=1S/C22H22N4O3/c1-15-8-11-25-21(28)13-19(16-6-9-23-10-7-16)24-22(25)26(15)14-20(27)17-4-3-5-18(12-17)29-2/h3-7,9-10,12-13,15H,8,11,14H2,1-2H3. The minimum absolute atomic E-state index is 0.0484. The van der Waals surface area contributed by atoms with Crippen molar-refractivity contribution in [2.75, 3.05) is 18.6 Å². The Morgan fingerprint density at radius 2 is 2.00 bits per heavy atom. The highest BCUT2D eigenvalue weighted by Crippen LogP contribution is 2.25. The molecule has 1 aromatic carbocycles. The summed E-state index contributed by atoms with van der Waals surface area (Å²) >= 11 is 0. The van der Waals surface area contributed by atoms with Crippen LogP contribution >= 0.6 is 0 Å². The average molecular weight is 390 g/mol. The molecule has 0 saturated heterocycles. The molecule has 0 spiro atoms. The molecule has 4 rings (SSSR count). The van der Waals surface area contributed by atoms with E-state index in [0.717, 1.165) is 12.0 Å². The van der Waals surface area contributed by atoms with Crippen LogP contribution in [0.2, 0.25) is 0 Å². The molecule has 3 heterocycles. The Kier molecular flexibility index (Phi) is 5.12. The molecule has 29 heavy (non-hydrogen) atoms. The van der Waals surface area contributed by atoms with E-state index in [4.69, 9.17) is 9.72 Å². The summed E-state index contributed by atoms with van der Waals surface area (Å²) in [6.07, 6.45) is 4.11. The van der Waals surface area contributed by atoms with Gasteiger partial charge >= 0.3 is 0 Å². The Morgan fingerprint density at radius 1 is 1.21 bits per heavy atom. The van der Waals surface area contributed by atoms with E-state index in [2.05, 4.69) is 4.98 Å². The molecular weight excluding hydrogens is 368 g/mol. The highest BCUT2D eigenvalue weighted by molar-refractivity contribution is 5.99. The lowest BCUT2D eigenvalue weighted by Crippen LogP contribution is -2.46. The fourth-order valence-corrected chi connectivity index (χ4v) is 3.53. The highest BCUT2D eigenvalue weighted by Gasteiger charge is 2.28. The lowest BCUT2D eigenvalue weighted by atomic mass is 10.1. The average Bonchev–Trinajstić information content (AvgIpc) is 2.76. The number of methoxy groups -OCH3 is 1. The third kappa shape index (κ3) is 3.76. The van der Waals surface area contributed by atoms with Gasteiger partial charge in [0, 0.05) is 42.2 Å². The van der Waals surface area contributed by atoms with Crippen molar-refractivity contribution in [2.45, 2.75) is 25.9 Å². The van der Waals surface area contributed by atoms with E-state index in [0.29, 0.717) is 29.5 Å². The number of benzene rings is 1. The molecular formula is C22H22N4O3. The van der Waals surface area contributed by atoms with Gasteiger partial charge in [-0.15, -0.1) is 0 Å². The number of nitrogens with zero attached hydrogens (tertiary/aromatic N) is 4. The smallest absolute Gasteiger partial charge is 0.255 e. The minimum atomic E-state index is -0.118. The molecule has 0 fully saturated rings. The van der Waals surface area contributed by atoms with Crippen LogP contribution in [0.5, 0.6) is 5.75 Å². The number of aromatic nitrogens is 3. The van der Waals surface area contributed by atoms with Crippen molar-refractivity contribution in [2.24, 2.45) is 0 Å². The SMILES string of the molecule is COc1cccc(C(=O)CN2c3nc(-c4ccncc4)cc(=O)n3CCC2C)c1. The van der Waals surface area contributed by atoms with Crippen LogP contribution < -0.4 is 15.2 Å². The second kappa shape index (κ2) is 7.87. The lowest BCUT2D eigenvalue weighted by Gasteiger charge is -2.36. The lowest BCUT2D eigenvalue weighted by molar-refractivity contribution is 0.0994. The third-order valence-corrected chi connectivity index (χ3v) is 5.23. The summed E-state index contributed by atoms with van der Waals surface area (Å²) in [7, 11) is 1.57. The summed E-state index contributed by atoms with van der Waals surface area (Å²) in [6.45, 7) is 2.77. The summed E-state index contributed by atoms with van der Waals surface area (Å²) in [4.78, 5) is 36.4. The van der Waals surface area contributed by atoms with E-state index < -0.39 is 0 Å². The predicted molar refractivity (Wildman–Crippen MR) is 110 cm³/mol. The summed E-state index contributed by atoms with van der Waals surface area (Å²) in [5.41, 5.74) is 1.85. The van der Waals surface area contributed by atoms with Crippen molar-refractivity contribution in [1.29, 1.82) is 0 Å². The number of fused-ring (bicyclic) bond motifs is 1. The monoisotopic (exact) mass is 390 g/mol. The number of hydrogen-bond donors (Lipinski definition) is 0. The molecule has 0 bridgehead atoms. The Bertz CT molecular complexity index is 1090. The van der Waals surface area contributed by atoms with Crippen molar-refractivity contribution < 1.29 is 9.53 Å². The molecule has 0 saturated carbocycles. The van der Waals surface area contributed by atoms with Crippen molar-refractivity contribution in [3.8, 4) is 17.0 Å². The van der Waals surface area contributed by atoms with Crippen LogP contribution in [0.1, 0.15) is 23.7 Å². The zero-order valence-electron chi connectivity index (χ0n) is 16.4. The van der Waals surface area contributed by atoms with Gasteiger partial charge in [0.05, 0.1) is 19.3 Å². The van der Waals surface area contributed by atoms with Gasteiger partial charge in [0.2, 0.25) is 5.95 Å². The van der Waals surface area contributed by atoms with Crippen molar-refractivity contribution in [3.63, 3.8) is 0 Å². The Hall–Kier alpha value is -3.48. The first-order valence-corrected chi connectivity index (χ1v) is 9.53. The summed E-state index contributed by atoms with van der Waals surface area (Å²) < 4.78 is 6.87. The Balaban J connectivity index is 1.71. The second-order valence-corrected chi connectivity index (χ2v) is 7.09. The van der Waals surface area contributed by atoms with Gasteiger partial charge in [-0.2, -0.15) is 0 Å². The number of hydrogen-bond acceptors (Lipinski definition) is 6. The molecule has 7 heteroatoms. The number of anilines is 1. The zero-order chi connectivity index (χ0) is 20.4. The van der Waals surface area contributed by atoms with E-state index in [9.17, 15) is 9.59 Å². The van der Waals surface area contributed by atoms with Crippen LogP contribution in [0.3, 0.4) is 0 Å². The quantitative estimate of drug-likeness (QED) is 0.624. The van der Waals surface area contributed by atoms with Crippen molar-refractivity contribution in [3.05, 3.63) is 70.8 Å². The molecule has 0 radical (unpaired) electrons. The van der Waals surface area contributed by atoms with Gasteiger partial charge in [0.1, 0.15) is 5.75 Å². The maximum atomic E-state index is 13.0. The van der Waals surface area contributed by atoms with E-state index >= 15 is 0 Å². The van der Waals surface area contributed by atoms with E-state index in [-0.39, 0.29) is 23.9 Å². The number of Topliss-reactive ketones (excluding diaryl/α,β-unsaturated/α-hetero) is 1. The van der Waals surface area contributed by atoms with Gasteiger partial charge in [-0.05, 0) is 37.6 Å². The van der Waals surface area contributed by atoms with Gasteiger partial charge in [0.25, 0.3) is 5.56 Å². The van der Waals surface area contributed by atoms with Crippen molar-refractivity contribution in [1.82, 2.24) is 14.5 Å². The first-order chi connectivity index (χ1) is 14.1. The largest absolute Gasteiger partial charge is 0.497 e. The fourth-order valence-electron chi connectivity index (χ4n) is 3.53. The van der Waals surface area contributed by atoms with Crippen LogP contribution in [0, 0.1) is 0 Å². The van der Waals surface area contributed by atoms with Crippen LogP contribution in [-0.4, -0.2) is 40.0 Å². The molecule has 3 aromatic rings. The molecule has 148 valence electrons. The molecule has 0 amide bonds. The number of ether oxygens (including phenoxy) is 1. The van der Waals surface area contributed by atoms with Gasteiger partial charge in [-0.1, -0.05) is 12.1 Å². The van der Waals surface area contributed by atoms with E-state index in [1.165, 1.54) is 6.07 Å². The third-order valence-electron chi connectivity index (χ3n) is 5.23. The van der Waals surface area contributed by atoms with Gasteiger partial charge in [-0.3, -0.25) is 19.1 Å². The number of ketones is 1. The van der Waals surface area contributed by atoms with Crippen LogP contribution in [0.15, 0.2) is 59.7 Å². The van der Waals surface area contributed by atoms with E-state index in [1.54, 1.807) is 48.3 Å². The Labute approximate surface area is 168 Å². The molecule has 0 aliphatic carbocycles. The summed E-state index contributed by atoms with van der Waals surface area (Å²) in [6, 6.07) is 12.4. The molecule has 1 unspecified atom stereocenters. The molecule has 1 atom stereocenters. The molecule has 0 N–H and O–H groups in total. The van der Waals surface area contributed by atoms with Gasteiger partial charge in [-0.25, -0.2) is 4.98 Å². The summed E-state index contributed by atoms with van der Waals surface area (Å²) in [5.74, 6) is 1.12. The topological polar surface area (TPSA) is 77.3 Å². The normalized spacial score (nSPS) is 15.7. The fraction of sp³-hybridized carbons (Fsp3) is 0.273. The maximum Gasteiger partial charge on any atom is 0.255 e. The van der Waals surface area contributed by atoms with Gasteiger partial charge < -0.3 is 9.64 Å². The molecule has 2 aromatic heterocycles. The number of carbonyl (C=O) groups is 1. The number of pyridine rings is 1. The van der Waals surface area contributed by atoms with Crippen molar-refractivity contribution >= 4 is 11.7 Å². The first kappa shape index (κ1) is 18.9. The zero-order valence-corrected chi connectivity index (χ0v) is 16.4. The number of carbonyl (C=O) groups excluding carboxylic acids is 1. The predicted octanol–water partition coefficient (Wildman–Crippen LogP) is 2.80. The highest BCUT2D eigenvalue weighted by atomic mass is 16.5. The first-order valence-electron chi connectivity index (χ1n) is 9.53. The maximum absolute atomic E-state index is 13.0. The van der Waals surface area contributed by atoms with E-state index in [1.807, 2.05) is 24.0 Å². The van der Waals surface area contributed by atoms with Crippen LogP contribution in [-0.2, 0) is 6.54 Å². The van der Waals surface area contributed by atoms with Crippen LogP contribution in [0.4, 0.5) is 5.95 Å². The Morgan fingerprint density at radius 3 is 2.76 bits per heavy atom. The number of rotatable bonds is 5. The second-order valence-electron chi connectivity index (χ2n) is 7.09. The van der Waals surface area contributed by atoms with Gasteiger partial charge in [0.15, 0.2) is 5.78 Å². The molecule has 1 aliphatic rings. The molecule has 1 aliphatic heterocycles. The minimum Gasteiger partial charge on any atom is -0.497 e. The molecule has 7 nitrogen and oxygen atoms in total.